The van der Waals surface area contributed by atoms with Crippen LogP contribution in [0.4, 0.5) is 5.69 Å². The van der Waals surface area contributed by atoms with Crippen molar-refractivity contribution < 1.29 is 14.4 Å². The van der Waals surface area contributed by atoms with Gasteiger partial charge in [0.1, 0.15) is 0 Å². The predicted molar refractivity (Wildman–Crippen MR) is 105 cm³/mol. The van der Waals surface area contributed by atoms with E-state index >= 15 is 0 Å². The Labute approximate surface area is 162 Å². The number of nitrogens with one attached hydrogen (secondary N) is 1. The van der Waals surface area contributed by atoms with Crippen molar-refractivity contribution in [2.45, 2.75) is 17.9 Å². The van der Waals surface area contributed by atoms with Gasteiger partial charge in [-0.3, -0.25) is 14.4 Å². The summed E-state index contributed by atoms with van der Waals surface area (Å²) >= 11 is 1.64. The van der Waals surface area contributed by atoms with Gasteiger partial charge in [-0.05, 0) is 48.2 Å². The fraction of sp³-hybridized carbons (Fsp3) is 0.250. The first-order valence-electron chi connectivity index (χ1n) is 8.59. The van der Waals surface area contributed by atoms with Crippen LogP contribution in [-0.2, 0) is 16.1 Å². The van der Waals surface area contributed by atoms with Crippen LogP contribution in [0.5, 0.6) is 0 Å². The molecule has 3 rings (SSSR count). The van der Waals surface area contributed by atoms with Gasteiger partial charge in [-0.25, -0.2) is 0 Å². The van der Waals surface area contributed by atoms with Crippen LogP contribution >= 0.6 is 11.8 Å². The van der Waals surface area contributed by atoms with Crippen molar-refractivity contribution in [1.29, 1.82) is 0 Å². The molecule has 0 aromatic heterocycles. The Kier molecular flexibility index (Phi) is 5.81. The molecule has 3 amide bonds. The first kappa shape index (κ1) is 19.0. The second kappa shape index (κ2) is 8.26. The molecule has 0 spiro atoms. The zero-order chi connectivity index (χ0) is 19.4. The van der Waals surface area contributed by atoms with Gasteiger partial charge in [0.05, 0.1) is 5.92 Å². The standard InChI is InChI=1S/C20H21N3O3S/c1-27-17-8-6-16(7-9-17)23-12-15(10-18(23)24)20(26)22-11-13-2-4-14(5-3-13)19(21)25/h2-9,15H,10-12H2,1H3,(H2,21,25)(H,22,26). The van der Waals surface area contributed by atoms with E-state index in [9.17, 15) is 14.4 Å². The first-order valence-corrected chi connectivity index (χ1v) is 9.81. The number of nitrogens with two attached hydrogens (primary N) is 1. The van der Waals surface area contributed by atoms with E-state index in [1.165, 1.54) is 0 Å². The minimum Gasteiger partial charge on any atom is -0.366 e. The number of carbonyl (C=O) groups excluding carboxylic acids is 3. The topological polar surface area (TPSA) is 92.5 Å². The molecule has 0 radical (unpaired) electrons. The van der Waals surface area contributed by atoms with Gasteiger partial charge in [-0.15, -0.1) is 11.8 Å². The largest absolute Gasteiger partial charge is 0.366 e. The van der Waals surface area contributed by atoms with Crippen LogP contribution in [0.15, 0.2) is 53.4 Å². The molecule has 1 heterocycles. The van der Waals surface area contributed by atoms with Crippen molar-refractivity contribution in [3.05, 3.63) is 59.7 Å². The van der Waals surface area contributed by atoms with E-state index in [-0.39, 0.29) is 24.2 Å². The van der Waals surface area contributed by atoms with Crippen LogP contribution in [0.2, 0.25) is 0 Å². The summed E-state index contributed by atoms with van der Waals surface area (Å²) in [4.78, 5) is 38.6. The van der Waals surface area contributed by atoms with E-state index in [4.69, 9.17) is 5.73 Å². The van der Waals surface area contributed by atoms with Crippen molar-refractivity contribution in [3.8, 4) is 0 Å². The van der Waals surface area contributed by atoms with Gasteiger partial charge in [0.2, 0.25) is 17.7 Å². The van der Waals surface area contributed by atoms with Gasteiger partial charge >= 0.3 is 0 Å². The molecule has 0 bridgehead atoms. The molecule has 0 aliphatic carbocycles. The van der Waals surface area contributed by atoms with Gasteiger partial charge in [0, 0.05) is 35.7 Å². The lowest BCUT2D eigenvalue weighted by Crippen LogP contribution is -2.32. The summed E-state index contributed by atoms with van der Waals surface area (Å²) < 4.78 is 0. The number of hydrogen-bond donors (Lipinski definition) is 2. The molecule has 7 heteroatoms. The molecule has 1 saturated heterocycles. The van der Waals surface area contributed by atoms with E-state index in [2.05, 4.69) is 5.32 Å². The number of hydrogen-bond acceptors (Lipinski definition) is 4. The molecular weight excluding hydrogens is 362 g/mol. The lowest BCUT2D eigenvalue weighted by molar-refractivity contribution is -0.126. The average molecular weight is 383 g/mol. The summed E-state index contributed by atoms with van der Waals surface area (Å²) in [7, 11) is 0. The van der Waals surface area contributed by atoms with Gasteiger partial charge in [-0.1, -0.05) is 12.1 Å². The second-order valence-electron chi connectivity index (χ2n) is 6.38. The molecule has 140 valence electrons. The van der Waals surface area contributed by atoms with Crippen molar-refractivity contribution >= 4 is 35.2 Å². The fourth-order valence-electron chi connectivity index (χ4n) is 3.02. The highest BCUT2D eigenvalue weighted by atomic mass is 32.2. The molecule has 1 fully saturated rings. The van der Waals surface area contributed by atoms with Crippen molar-refractivity contribution in [1.82, 2.24) is 5.32 Å². The third-order valence-corrected chi connectivity index (χ3v) is 5.33. The molecule has 1 aliphatic rings. The maximum atomic E-state index is 12.4. The summed E-state index contributed by atoms with van der Waals surface area (Å²) in [6, 6.07) is 14.5. The molecule has 1 aliphatic heterocycles. The molecule has 27 heavy (non-hydrogen) atoms. The van der Waals surface area contributed by atoms with Gasteiger partial charge in [0.25, 0.3) is 0 Å². The van der Waals surface area contributed by atoms with E-state index in [0.717, 1.165) is 16.1 Å². The maximum absolute atomic E-state index is 12.4. The second-order valence-corrected chi connectivity index (χ2v) is 7.26. The van der Waals surface area contributed by atoms with Crippen LogP contribution in [0.25, 0.3) is 0 Å². The number of amides is 3. The highest BCUT2D eigenvalue weighted by molar-refractivity contribution is 7.98. The molecule has 3 N–H and O–H groups in total. The summed E-state index contributed by atoms with van der Waals surface area (Å²) in [6.07, 6.45) is 2.20. The lowest BCUT2D eigenvalue weighted by Gasteiger charge is -2.17. The van der Waals surface area contributed by atoms with E-state index in [0.29, 0.717) is 18.7 Å². The Morgan fingerprint density at radius 1 is 1.15 bits per heavy atom. The van der Waals surface area contributed by atoms with Crippen LogP contribution < -0.4 is 16.0 Å². The summed E-state index contributed by atoms with van der Waals surface area (Å²) in [5.41, 5.74) is 7.32. The number of primary amides is 1. The van der Waals surface area contributed by atoms with E-state index < -0.39 is 5.91 Å². The summed E-state index contributed by atoms with van der Waals surface area (Å²) in [5.74, 6) is -1.05. The van der Waals surface area contributed by atoms with E-state index in [1.807, 2.05) is 30.5 Å². The van der Waals surface area contributed by atoms with Crippen LogP contribution in [0, 0.1) is 5.92 Å². The molecule has 1 unspecified atom stereocenters. The normalized spacial score (nSPS) is 16.4. The maximum Gasteiger partial charge on any atom is 0.248 e. The molecule has 1 atom stereocenters. The van der Waals surface area contributed by atoms with Crippen LogP contribution in [0.1, 0.15) is 22.3 Å². The fourth-order valence-corrected chi connectivity index (χ4v) is 3.42. The summed E-state index contributed by atoms with van der Waals surface area (Å²) in [6.45, 7) is 0.717. The number of benzene rings is 2. The summed E-state index contributed by atoms with van der Waals surface area (Å²) in [5, 5.41) is 2.86. The van der Waals surface area contributed by atoms with Gasteiger partial charge in [0.15, 0.2) is 0 Å². The smallest absolute Gasteiger partial charge is 0.248 e. The first-order chi connectivity index (χ1) is 13.0. The Bertz CT molecular complexity index is 850. The zero-order valence-electron chi connectivity index (χ0n) is 15.0. The number of nitrogens with zero attached hydrogens (tertiary/aromatic N) is 1. The SMILES string of the molecule is CSc1ccc(N2CC(C(=O)NCc3ccc(C(N)=O)cc3)CC2=O)cc1. The molecule has 2 aromatic rings. The average Bonchev–Trinajstić information content (AvgIpc) is 3.08. The third-order valence-electron chi connectivity index (χ3n) is 4.59. The number of anilines is 1. The predicted octanol–water partition coefficient (Wildman–Crippen LogP) is 2.18. The highest BCUT2D eigenvalue weighted by Crippen LogP contribution is 2.27. The lowest BCUT2D eigenvalue weighted by atomic mass is 10.1. The van der Waals surface area contributed by atoms with Gasteiger partial charge < -0.3 is 16.0 Å². The Balaban J connectivity index is 1.57. The monoisotopic (exact) mass is 383 g/mol. The molecular formula is C20H21N3O3S. The minimum atomic E-state index is -0.485. The van der Waals surface area contributed by atoms with Crippen molar-refractivity contribution in [2.75, 3.05) is 17.7 Å². The third kappa shape index (κ3) is 4.49. The highest BCUT2D eigenvalue weighted by Gasteiger charge is 2.34. The molecule has 2 aromatic carbocycles. The Morgan fingerprint density at radius 2 is 1.81 bits per heavy atom. The molecule has 6 nitrogen and oxygen atoms in total. The van der Waals surface area contributed by atoms with Gasteiger partial charge in [-0.2, -0.15) is 0 Å². The van der Waals surface area contributed by atoms with Crippen molar-refractivity contribution in [3.63, 3.8) is 0 Å². The number of thioether (sulfide) groups is 1. The number of carbonyl (C=O) groups is 3. The zero-order valence-corrected chi connectivity index (χ0v) is 15.8. The van der Waals surface area contributed by atoms with Crippen LogP contribution in [-0.4, -0.2) is 30.5 Å². The Morgan fingerprint density at radius 3 is 2.41 bits per heavy atom. The number of rotatable bonds is 6. The molecule has 0 saturated carbocycles. The van der Waals surface area contributed by atoms with Crippen LogP contribution in [0.3, 0.4) is 0 Å². The van der Waals surface area contributed by atoms with Crippen molar-refractivity contribution in [2.24, 2.45) is 11.7 Å². The van der Waals surface area contributed by atoms with E-state index in [1.54, 1.807) is 40.9 Å². The quantitative estimate of drug-likeness (QED) is 0.748. The minimum absolute atomic E-state index is 0.0436. The Hall–Kier alpha value is -2.80.